The normalized spacial score (nSPS) is 13.0. The number of hydrogen-bond acceptors (Lipinski definition) is 6. The highest BCUT2D eigenvalue weighted by atomic mass is 35.5. The second kappa shape index (κ2) is 8.58. The Hall–Kier alpha value is -2.64. The molecule has 0 saturated heterocycles. The van der Waals surface area contributed by atoms with Gasteiger partial charge in [0.25, 0.3) is 0 Å². The fourth-order valence-corrected chi connectivity index (χ4v) is 3.89. The largest absolute Gasteiger partial charge is 0.489 e. The summed E-state index contributed by atoms with van der Waals surface area (Å²) >= 11 is 7.77. The van der Waals surface area contributed by atoms with Gasteiger partial charge in [-0.25, -0.2) is 4.98 Å². The van der Waals surface area contributed by atoms with Crippen molar-refractivity contribution < 1.29 is 14.3 Å². The van der Waals surface area contributed by atoms with E-state index < -0.39 is 0 Å². The van der Waals surface area contributed by atoms with Crippen LogP contribution in [0.1, 0.15) is 17.7 Å². The maximum Gasteiger partial charge on any atom is 0.226 e. The van der Waals surface area contributed by atoms with Gasteiger partial charge < -0.3 is 14.8 Å². The van der Waals surface area contributed by atoms with E-state index in [-0.39, 0.29) is 12.3 Å². The summed E-state index contributed by atoms with van der Waals surface area (Å²) in [6.45, 7) is 1.52. The van der Waals surface area contributed by atoms with Gasteiger partial charge >= 0.3 is 0 Å². The molecule has 0 bridgehead atoms. The lowest BCUT2D eigenvalue weighted by molar-refractivity contribution is -0.120. The molecule has 6 nitrogen and oxygen atoms in total. The number of fused-ring (bicyclic) bond motifs is 1. The number of hydrogen-bond donors (Lipinski definition) is 1. The van der Waals surface area contributed by atoms with E-state index in [2.05, 4.69) is 15.3 Å². The maximum absolute atomic E-state index is 12.3. The van der Waals surface area contributed by atoms with Gasteiger partial charge in [0.05, 0.1) is 36.0 Å². The Balaban J connectivity index is 1.37. The monoisotopic (exact) mass is 415 g/mol. The zero-order valence-corrected chi connectivity index (χ0v) is 16.6. The molecule has 1 aliphatic heterocycles. The Morgan fingerprint density at radius 3 is 3.00 bits per heavy atom. The van der Waals surface area contributed by atoms with Gasteiger partial charge in [0.2, 0.25) is 5.91 Å². The Morgan fingerprint density at radius 2 is 2.14 bits per heavy atom. The van der Waals surface area contributed by atoms with E-state index >= 15 is 0 Å². The molecule has 0 aliphatic carbocycles. The zero-order chi connectivity index (χ0) is 19.3. The lowest BCUT2D eigenvalue weighted by Gasteiger charge is -2.12. The third-order valence-corrected chi connectivity index (χ3v) is 5.32. The third kappa shape index (κ3) is 4.43. The first kappa shape index (κ1) is 18.7. The molecule has 2 aromatic heterocycles. The first-order chi connectivity index (χ1) is 13.7. The van der Waals surface area contributed by atoms with Gasteiger partial charge in [0.15, 0.2) is 11.5 Å². The van der Waals surface area contributed by atoms with Crippen LogP contribution < -0.4 is 14.8 Å². The van der Waals surface area contributed by atoms with Gasteiger partial charge in [0, 0.05) is 24.5 Å². The van der Waals surface area contributed by atoms with Crippen LogP contribution in [-0.4, -0.2) is 29.1 Å². The summed E-state index contributed by atoms with van der Waals surface area (Å²) in [4.78, 5) is 21.1. The summed E-state index contributed by atoms with van der Waals surface area (Å²) in [5.41, 5.74) is 2.39. The standard InChI is InChI=1S/C20H18ClN3O3S/c21-15-8-13(9-17-19(15)27-7-3-6-26-17)11-23-18(25)10-14-12-28-20(24-14)16-4-1-2-5-22-16/h1-2,4-5,8-9,12H,3,6-7,10-11H2,(H,23,25). The van der Waals surface area contributed by atoms with Crippen molar-refractivity contribution in [2.75, 3.05) is 13.2 Å². The third-order valence-electron chi connectivity index (χ3n) is 4.13. The first-order valence-electron chi connectivity index (χ1n) is 8.89. The Kier molecular flexibility index (Phi) is 5.73. The van der Waals surface area contributed by atoms with Crippen LogP contribution in [0.25, 0.3) is 10.7 Å². The summed E-state index contributed by atoms with van der Waals surface area (Å²) in [5, 5.41) is 6.08. The molecule has 1 amide bonds. The molecule has 0 saturated carbocycles. The van der Waals surface area contributed by atoms with E-state index in [0.29, 0.717) is 36.3 Å². The highest BCUT2D eigenvalue weighted by molar-refractivity contribution is 7.13. The summed E-state index contributed by atoms with van der Waals surface area (Å²) in [7, 11) is 0. The van der Waals surface area contributed by atoms with Crippen LogP contribution in [0.5, 0.6) is 11.5 Å². The number of thiazole rings is 1. The number of carbonyl (C=O) groups is 1. The van der Waals surface area contributed by atoms with Gasteiger partial charge in [-0.05, 0) is 29.8 Å². The van der Waals surface area contributed by atoms with Crippen molar-refractivity contribution in [1.29, 1.82) is 0 Å². The Morgan fingerprint density at radius 1 is 1.25 bits per heavy atom. The molecular formula is C20H18ClN3O3S. The van der Waals surface area contributed by atoms with E-state index in [0.717, 1.165) is 28.4 Å². The molecule has 3 aromatic rings. The van der Waals surface area contributed by atoms with Gasteiger partial charge in [0.1, 0.15) is 5.01 Å². The van der Waals surface area contributed by atoms with Gasteiger partial charge in [-0.3, -0.25) is 9.78 Å². The van der Waals surface area contributed by atoms with Crippen LogP contribution in [0.15, 0.2) is 41.9 Å². The molecule has 3 heterocycles. The van der Waals surface area contributed by atoms with Crippen LogP contribution >= 0.6 is 22.9 Å². The molecule has 0 fully saturated rings. The number of carbonyl (C=O) groups excluding carboxylic acids is 1. The number of pyridine rings is 1. The Labute approximate surface area is 171 Å². The van der Waals surface area contributed by atoms with Crippen molar-refractivity contribution in [2.24, 2.45) is 0 Å². The fraction of sp³-hybridized carbons (Fsp3) is 0.250. The summed E-state index contributed by atoms with van der Waals surface area (Å²) in [5.74, 6) is 1.08. The smallest absolute Gasteiger partial charge is 0.226 e. The highest BCUT2D eigenvalue weighted by Crippen LogP contribution is 2.37. The summed E-state index contributed by atoms with van der Waals surface area (Å²) in [6.07, 6.45) is 2.75. The lowest BCUT2D eigenvalue weighted by atomic mass is 10.2. The molecule has 0 radical (unpaired) electrons. The van der Waals surface area contributed by atoms with Crippen molar-refractivity contribution in [3.8, 4) is 22.2 Å². The van der Waals surface area contributed by atoms with Crippen LogP contribution in [0.4, 0.5) is 0 Å². The minimum absolute atomic E-state index is 0.110. The predicted octanol–water partition coefficient (Wildman–Crippen LogP) is 3.88. The summed E-state index contributed by atoms with van der Waals surface area (Å²) in [6, 6.07) is 9.32. The topological polar surface area (TPSA) is 73.3 Å². The first-order valence-corrected chi connectivity index (χ1v) is 10.2. The molecule has 1 aromatic carbocycles. The van der Waals surface area contributed by atoms with Gasteiger partial charge in [-0.15, -0.1) is 11.3 Å². The predicted molar refractivity (Wildman–Crippen MR) is 108 cm³/mol. The van der Waals surface area contributed by atoms with Crippen LogP contribution in [0.2, 0.25) is 5.02 Å². The molecule has 28 heavy (non-hydrogen) atoms. The number of ether oxygens (including phenoxy) is 2. The number of aromatic nitrogens is 2. The van der Waals surface area contributed by atoms with E-state index in [1.165, 1.54) is 11.3 Å². The molecule has 4 rings (SSSR count). The van der Waals surface area contributed by atoms with Crippen molar-refractivity contribution >= 4 is 28.8 Å². The van der Waals surface area contributed by atoms with Gasteiger partial charge in [-0.1, -0.05) is 17.7 Å². The molecule has 0 atom stereocenters. The van der Waals surface area contributed by atoms with E-state index in [1.54, 1.807) is 12.3 Å². The number of nitrogens with zero attached hydrogens (tertiary/aromatic N) is 2. The SMILES string of the molecule is O=C(Cc1csc(-c2ccccn2)n1)NCc1cc(Cl)c2c(c1)OCCCO2. The van der Waals surface area contributed by atoms with E-state index in [4.69, 9.17) is 21.1 Å². The molecule has 1 N–H and O–H groups in total. The number of benzene rings is 1. The van der Waals surface area contributed by atoms with Gasteiger partial charge in [-0.2, -0.15) is 0 Å². The van der Waals surface area contributed by atoms with Crippen molar-refractivity contribution in [2.45, 2.75) is 19.4 Å². The van der Waals surface area contributed by atoms with Crippen molar-refractivity contribution in [3.63, 3.8) is 0 Å². The molecular weight excluding hydrogens is 398 g/mol. The second-order valence-corrected chi connectivity index (χ2v) is 7.53. The number of amides is 1. The summed E-state index contributed by atoms with van der Waals surface area (Å²) < 4.78 is 11.3. The maximum atomic E-state index is 12.3. The molecule has 1 aliphatic rings. The number of halogens is 1. The molecule has 0 unspecified atom stereocenters. The van der Waals surface area contributed by atoms with Crippen LogP contribution in [-0.2, 0) is 17.8 Å². The second-order valence-electron chi connectivity index (χ2n) is 6.27. The quantitative estimate of drug-likeness (QED) is 0.684. The average Bonchev–Trinajstić information content (AvgIpc) is 3.03. The molecule has 0 spiro atoms. The van der Waals surface area contributed by atoms with E-state index in [9.17, 15) is 4.79 Å². The molecule has 144 valence electrons. The minimum Gasteiger partial charge on any atom is -0.489 e. The minimum atomic E-state index is -0.110. The lowest BCUT2D eigenvalue weighted by Crippen LogP contribution is -2.24. The number of rotatable bonds is 5. The van der Waals surface area contributed by atoms with E-state index in [1.807, 2.05) is 29.6 Å². The molecule has 8 heteroatoms. The van der Waals surface area contributed by atoms with Crippen molar-refractivity contribution in [1.82, 2.24) is 15.3 Å². The highest BCUT2D eigenvalue weighted by Gasteiger charge is 2.16. The van der Waals surface area contributed by atoms with Crippen LogP contribution in [0, 0.1) is 0 Å². The number of nitrogens with one attached hydrogen (secondary N) is 1. The zero-order valence-electron chi connectivity index (χ0n) is 15.0. The van der Waals surface area contributed by atoms with Crippen molar-refractivity contribution in [3.05, 3.63) is 58.2 Å². The average molecular weight is 416 g/mol. The van der Waals surface area contributed by atoms with Crippen LogP contribution in [0.3, 0.4) is 0 Å². The Bertz CT molecular complexity index is 978. The fourth-order valence-electron chi connectivity index (χ4n) is 2.81.